The summed E-state index contributed by atoms with van der Waals surface area (Å²) in [7, 11) is -2.36. The minimum atomic E-state index is -2.36. The Kier molecular flexibility index (Phi) is 13.9. The molecule has 1 heterocycles. The van der Waals surface area contributed by atoms with Gasteiger partial charge in [0.05, 0.1) is 18.2 Å². The molecule has 9 heteroatoms. The first-order valence-electron chi connectivity index (χ1n) is 18.8. The van der Waals surface area contributed by atoms with Crippen LogP contribution >= 0.6 is 0 Å². The highest BCUT2D eigenvalue weighted by Crippen LogP contribution is 2.42. The van der Waals surface area contributed by atoms with E-state index in [4.69, 9.17) is 13.9 Å². The number of hydrogen-bond acceptors (Lipinski definition) is 6. The molecule has 53 heavy (non-hydrogen) atoms. The first-order valence-corrected chi connectivity index (χ1v) is 21.7. The number of aromatic nitrogens is 1. The van der Waals surface area contributed by atoms with Gasteiger partial charge in [-0.05, 0) is 71.9 Å². The van der Waals surface area contributed by atoms with E-state index in [0.717, 1.165) is 60.0 Å². The van der Waals surface area contributed by atoms with Gasteiger partial charge in [-0.2, -0.15) is 0 Å². The number of carbonyl (C=O) groups is 1. The normalized spacial score (nSPS) is 12.3. The van der Waals surface area contributed by atoms with Gasteiger partial charge in [0.2, 0.25) is 5.56 Å². The zero-order valence-corrected chi connectivity index (χ0v) is 32.9. The maximum absolute atomic E-state index is 13.9. The lowest BCUT2D eigenvalue weighted by Crippen LogP contribution is -2.45. The molecule has 0 unspecified atom stereocenters. The Bertz CT molecular complexity index is 1930. The molecule has 0 saturated heterocycles. The van der Waals surface area contributed by atoms with Gasteiger partial charge in [-0.25, -0.2) is 4.79 Å². The molecule has 0 saturated carbocycles. The molecule has 8 nitrogen and oxygen atoms in total. The van der Waals surface area contributed by atoms with E-state index in [1.54, 1.807) is 4.90 Å². The number of fused-ring (bicyclic) bond motifs is 1. The number of ether oxygens (including phenoxy) is 2. The van der Waals surface area contributed by atoms with Crippen LogP contribution in [0.1, 0.15) is 69.2 Å². The maximum atomic E-state index is 13.9. The van der Waals surface area contributed by atoms with Gasteiger partial charge >= 0.3 is 6.09 Å². The van der Waals surface area contributed by atoms with Crippen LogP contribution in [0.15, 0.2) is 120 Å². The van der Waals surface area contributed by atoms with Crippen molar-refractivity contribution in [2.24, 2.45) is 0 Å². The van der Waals surface area contributed by atoms with Crippen LogP contribution in [0.25, 0.3) is 10.9 Å². The Hall–Kier alpha value is -4.86. The predicted octanol–water partition coefficient (Wildman–Crippen LogP) is 10.5. The molecule has 2 N–H and O–H groups in total. The molecule has 1 aromatic heterocycles. The van der Waals surface area contributed by atoms with Gasteiger partial charge in [-0.1, -0.05) is 119 Å². The summed E-state index contributed by atoms with van der Waals surface area (Å²) in [4.78, 5) is 31.5. The van der Waals surface area contributed by atoms with Crippen LogP contribution in [0.3, 0.4) is 0 Å². The molecule has 5 rings (SSSR count). The van der Waals surface area contributed by atoms with Gasteiger partial charge < -0.3 is 29.1 Å². The highest BCUT2D eigenvalue weighted by molar-refractivity contribution is 6.74. The first-order chi connectivity index (χ1) is 25.5. The van der Waals surface area contributed by atoms with Gasteiger partial charge in [0, 0.05) is 30.2 Å². The second kappa shape index (κ2) is 18.8. The van der Waals surface area contributed by atoms with Crippen LogP contribution in [0.4, 0.5) is 10.5 Å². The molecule has 0 bridgehead atoms. The topological polar surface area (TPSA) is 92.9 Å². The maximum Gasteiger partial charge on any atom is 0.410 e. The number of benzene rings is 4. The quantitative estimate of drug-likeness (QED) is 0.0688. The average Bonchev–Trinajstić information content (AvgIpc) is 3.15. The second-order valence-electron chi connectivity index (χ2n) is 15.1. The van der Waals surface area contributed by atoms with Crippen LogP contribution < -0.4 is 15.6 Å². The highest BCUT2D eigenvalue weighted by atomic mass is 28.4. The van der Waals surface area contributed by atoms with E-state index >= 15 is 0 Å². The number of anilines is 1. The summed E-state index contributed by atoms with van der Waals surface area (Å²) in [6, 6.07) is 37.2. The molecule has 0 spiro atoms. The Morgan fingerprint density at radius 1 is 0.774 bits per heavy atom. The van der Waals surface area contributed by atoms with Crippen molar-refractivity contribution in [2.45, 2.75) is 83.9 Å². The molecule has 0 aliphatic rings. The van der Waals surface area contributed by atoms with Gasteiger partial charge in [0.25, 0.3) is 0 Å². The van der Waals surface area contributed by atoms with Crippen LogP contribution in [0.2, 0.25) is 18.1 Å². The fourth-order valence-corrected chi connectivity index (χ4v) is 7.22. The number of pyridine rings is 1. The molecule has 0 aliphatic carbocycles. The monoisotopic (exact) mass is 733 g/mol. The van der Waals surface area contributed by atoms with E-state index in [2.05, 4.69) is 56.3 Å². The van der Waals surface area contributed by atoms with Crippen molar-refractivity contribution in [3.05, 3.63) is 142 Å². The number of unbranched alkanes of at least 4 members (excludes halogenated alkanes) is 3. The van der Waals surface area contributed by atoms with E-state index in [1.807, 2.05) is 97.1 Å². The van der Waals surface area contributed by atoms with E-state index in [1.165, 1.54) is 6.07 Å². The van der Waals surface area contributed by atoms with Crippen molar-refractivity contribution in [2.75, 3.05) is 25.0 Å². The molecule has 4 aromatic carbocycles. The van der Waals surface area contributed by atoms with Crippen LogP contribution in [-0.2, 0) is 22.4 Å². The summed E-state index contributed by atoms with van der Waals surface area (Å²) in [5.41, 5.74) is 4.37. The number of carbonyl (C=O) groups excluding carboxylic acids is 1. The van der Waals surface area contributed by atoms with Crippen molar-refractivity contribution < 1.29 is 18.7 Å². The molecule has 5 aromatic rings. The molecule has 0 aliphatic heterocycles. The highest BCUT2D eigenvalue weighted by Gasteiger charge is 2.40. The first kappa shape index (κ1) is 39.3. The smallest absolute Gasteiger partial charge is 0.410 e. The molecule has 280 valence electrons. The zero-order chi connectivity index (χ0) is 37.7. The number of aromatic amines is 1. The predicted molar refractivity (Wildman–Crippen MR) is 218 cm³/mol. The molecule has 1 amide bonds. The van der Waals surface area contributed by atoms with Crippen molar-refractivity contribution in [3.63, 3.8) is 0 Å². The number of nitrogens with zero attached hydrogens (tertiary/aromatic N) is 1. The largest absolute Gasteiger partial charge is 0.487 e. The molecular weight excluding hydrogens is 679 g/mol. The van der Waals surface area contributed by atoms with Gasteiger partial charge in [0.1, 0.15) is 19.0 Å². The number of para-hydroxylation sites is 1. The Morgan fingerprint density at radius 2 is 1.40 bits per heavy atom. The third-order valence-corrected chi connectivity index (χ3v) is 14.5. The van der Waals surface area contributed by atoms with Gasteiger partial charge in [0.15, 0.2) is 8.32 Å². The summed E-state index contributed by atoms with van der Waals surface area (Å²) in [6.45, 7) is 13.4. The van der Waals surface area contributed by atoms with E-state index in [-0.39, 0.29) is 23.3 Å². The van der Waals surface area contributed by atoms with Crippen LogP contribution in [0, 0.1) is 0 Å². The number of nitrogens with one attached hydrogen (secondary N) is 2. The van der Waals surface area contributed by atoms with Crippen LogP contribution in [-0.4, -0.2) is 43.9 Å². The lowest BCUT2D eigenvalue weighted by atomic mass is 10.0. The van der Waals surface area contributed by atoms with Gasteiger partial charge in [-0.15, -0.1) is 0 Å². The Balaban J connectivity index is 1.39. The van der Waals surface area contributed by atoms with Crippen LogP contribution in [0.5, 0.6) is 5.75 Å². The number of amides is 1. The van der Waals surface area contributed by atoms with Gasteiger partial charge in [-0.3, -0.25) is 4.79 Å². The summed E-state index contributed by atoms with van der Waals surface area (Å²) in [5.74, 6) is 0.581. The second-order valence-corrected chi connectivity index (χ2v) is 19.9. The fraction of sp³-hybridized carbons (Fsp3) is 0.364. The van der Waals surface area contributed by atoms with Crippen molar-refractivity contribution in [1.29, 1.82) is 0 Å². The third-order valence-electron chi connectivity index (χ3n) is 10.0. The lowest BCUT2D eigenvalue weighted by molar-refractivity contribution is 0.0711. The van der Waals surface area contributed by atoms with Crippen molar-refractivity contribution in [3.8, 4) is 5.75 Å². The Morgan fingerprint density at radius 3 is 2.06 bits per heavy atom. The number of hydrogen-bond donors (Lipinski definition) is 2. The van der Waals surface area contributed by atoms with Crippen molar-refractivity contribution in [1.82, 2.24) is 9.88 Å². The van der Waals surface area contributed by atoms with E-state index in [0.29, 0.717) is 31.0 Å². The average molecular weight is 734 g/mol. The SMILES string of the molecule is CC(C)(C)[Si](C)(C)O[C@@H](CN(CCCCCCNc1ccccc1)C(=O)OCc1ccccc1)c1ccc(OCc2ccccc2)c2[nH]c(=O)ccc12. The number of rotatable bonds is 18. The number of H-pyrrole nitrogens is 1. The molecular formula is C44H55N3O5Si. The third kappa shape index (κ3) is 11.6. The zero-order valence-electron chi connectivity index (χ0n) is 31.9. The summed E-state index contributed by atoms with van der Waals surface area (Å²) >= 11 is 0. The lowest BCUT2D eigenvalue weighted by Gasteiger charge is -2.40. The minimum absolute atomic E-state index is 0.0828. The molecule has 1 atom stereocenters. The van der Waals surface area contributed by atoms with Crippen molar-refractivity contribution >= 4 is 31.0 Å². The molecule has 0 fully saturated rings. The molecule has 0 radical (unpaired) electrons. The summed E-state index contributed by atoms with van der Waals surface area (Å²) in [5, 5.41) is 4.22. The Labute approximate surface area is 315 Å². The fourth-order valence-electron chi connectivity index (χ4n) is 5.95. The standard InChI is InChI=1S/C44H55N3O5Si/c1-44(2,3)53(4,5)52-40(37-25-27-39(42-38(37)26-28-41(48)46-42)50-32-34-19-11-8-12-20-34)31-47(43(49)51-33-35-21-13-9-14-22-35)30-18-7-6-17-29-45-36-23-15-10-16-24-36/h8-16,19-28,40,45H,6-7,17-18,29-33H2,1-5H3,(H,46,48)/t40-/m0/s1. The summed E-state index contributed by atoms with van der Waals surface area (Å²) < 4.78 is 19.4. The summed E-state index contributed by atoms with van der Waals surface area (Å²) in [6.07, 6.45) is 3.03. The van der Waals surface area contributed by atoms with E-state index in [9.17, 15) is 9.59 Å². The van der Waals surface area contributed by atoms with E-state index < -0.39 is 14.4 Å². The minimum Gasteiger partial charge on any atom is -0.487 e.